The van der Waals surface area contributed by atoms with Crippen LogP contribution in [0.25, 0.3) is 0 Å². The van der Waals surface area contributed by atoms with Crippen LogP contribution in [0.15, 0.2) is 34.7 Å². The Morgan fingerprint density at radius 3 is 2.50 bits per heavy atom. The molecule has 1 aromatic carbocycles. The van der Waals surface area contributed by atoms with Gasteiger partial charge in [-0.05, 0) is 64.9 Å². The number of alkyl carbamates (subject to hydrolysis) is 1. The van der Waals surface area contributed by atoms with E-state index < -0.39 is 5.60 Å². The minimum Gasteiger partial charge on any atom is -0.444 e. The second-order valence-electron chi connectivity index (χ2n) is 10.9. The molecule has 1 saturated carbocycles. The molecule has 3 heterocycles. The largest absolute Gasteiger partial charge is 0.444 e. The molecule has 2 aromatic rings. The number of hydrogen-bond acceptors (Lipinski definition) is 7. The number of hydrogen-bond donors (Lipinski definition) is 1. The molecule has 2 saturated heterocycles. The lowest BCUT2D eigenvalue weighted by atomic mass is 9.86. The fourth-order valence-corrected chi connectivity index (χ4v) is 5.28. The van der Waals surface area contributed by atoms with Crippen molar-refractivity contribution in [3.8, 4) is 0 Å². The fraction of sp³-hybridized carbons (Fsp3) is 0.615. The van der Waals surface area contributed by atoms with E-state index in [9.17, 15) is 9.59 Å². The third-order valence-electron chi connectivity index (χ3n) is 7.07. The number of ether oxygens (including phenoxy) is 1. The highest BCUT2D eigenvalue weighted by atomic mass is 16.7. The highest BCUT2D eigenvalue weighted by molar-refractivity contribution is 5.77. The smallest absolute Gasteiger partial charge is 0.407 e. The van der Waals surface area contributed by atoms with E-state index in [0.717, 1.165) is 44.1 Å². The van der Waals surface area contributed by atoms with E-state index in [-0.39, 0.29) is 36.2 Å². The summed E-state index contributed by atoms with van der Waals surface area (Å²) < 4.78 is 11.5. The number of amides is 3. The normalized spacial score (nSPS) is 26.2. The second kappa shape index (κ2) is 10.1. The van der Waals surface area contributed by atoms with Gasteiger partial charge in [-0.15, -0.1) is 10.2 Å². The third-order valence-corrected chi connectivity index (χ3v) is 7.07. The molecule has 2 atom stereocenters. The Labute approximate surface area is 211 Å². The third kappa shape index (κ3) is 5.48. The van der Waals surface area contributed by atoms with E-state index in [1.54, 1.807) is 4.90 Å². The number of aromatic nitrogens is 2. The first-order valence-corrected chi connectivity index (χ1v) is 12.9. The SMILES string of the molecule is CC(C)(C)OC(=O)NC1CCC(c2nnc([C@@H]3CCC4CN3C(=O)N4OCc3ccccc3)o2)CC1. The van der Waals surface area contributed by atoms with Crippen molar-refractivity contribution in [1.82, 2.24) is 25.5 Å². The summed E-state index contributed by atoms with van der Waals surface area (Å²) in [4.78, 5) is 32.9. The molecule has 194 valence electrons. The topological polar surface area (TPSA) is 110 Å². The molecule has 10 nitrogen and oxygen atoms in total. The molecular weight excluding hydrogens is 462 g/mol. The average molecular weight is 498 g/mol. The lowest BCUT2D eigenvalue weighted by Crippen LogP contribution is -2.40. The van der Waals surface area contributed by atoms with Crippen molar-refractivity contribution >= 4 is 12.1 Å². The van der Waals surface area contributed by atoms with Crippen molar-refractivity contribution in [2.75, 3.05) is 6.54 Å². The van der Waals surface area contributed by atoms with Gasteiger partial charge in [-0.3, -0.25) is 4.84 Å². The molecule has 1 unspecified atom stereocenters. The predicted octanol–water partition coefficient (Wildman–Crippen LogP) is 4.69. The zero-order valence-electron chi connectivity index (χ0n) is 21.2. The van der Waals surface area contributed by atoms with Crippen molar-refractivity contribution in [1.29, 1.82) is 0 Å². The fourth-order valence-electron chi connectivity index (χ4n) is 5.28. The summed E-state index contributed by atoms with van der Waals surface area (Å²) in [5.41, 5.74) is 0.512. The van der Waals surface area contributed by atoms with Crippen molar-refractivity contribution in [2.24, 2.45) is 0 Å². The number of nitrogens with one attached hydrogen (secondary N) is 1. The first kappa shape index (κ1) is 24.5. The number of benzene rings is 1. The van der Waals surface area contributed by atoms with Gasteiger partial charge in [0.2, 0.25) is 11.8 Å². The predicted molar refractivity (Wildman–Crippen MR) is 130 cm³/mol. The summed E-state index contributed by atoms with van der Waals surface area (Å²) in [6.45, 7) is 6.52. The number of urea groups is 1. The van der Waals surface area contributed by atoms with Crippen LogP contribution in [0.2, 0.25) is 0 Å². The molecule has 1 aliphatic carbocycles. The summed E-state index contributed by atoms with van der Waals surface area (Å²) in [6, 6.07) is 9.58. The second-order valence-corrected chi connectivity index (χ2v) is 10.9. The van der Waals surface area contributed by atoms with Gasteiger partial charge in [-0.2, -0.15) is 5.06 Å². The van der Waals surface area contributed by atoms with Crippen LogP contribution in [-0.2, 0) is 16.2 Å². The van der Waals surface area contributed by atoms with Crippen molar-refractivity contribution in [3.63, 3.8) is 0 Å². The molecule has 1 aromatic heterocycles. The van der Waals surface area contributed by atoms with Crippen molar-refractivity contribution in [3.05, 3.63) is 47.7 Å². The van der Waals surface area contributed by atoms with E-state index in [0.29, 0.717) is 24.9 Å². The quantitative estimate of drug-likeness (QED) is 0.616. The number of carbonyl (C=O) groups excluding carboxylic acids is 2. The zero-order chi connectivity index (χ0) is 25.3. The highest BCUT2D eigenvalue weighted by Crippen LogP contribution is 2.39. The van der Waals surface area contributed by atoms with Gasteiger partial charge in [-0.25, -0.2) is 9.59 Å². The molecule has 3 aliphatic rings. The van der Waals surface area contributed by atoms with Gasteiger partial charge in [0.15, 0.2) is 0 Å². The summed E-state index contributed by atoms with van der Waals surface area (Å²) >= 11 is 0. The first-order valence-electron chi connectivity index (χ1n) is 12.9. The van der Waals surface area contributed by atoms with Crippen LogP contribution in [0, 0.1) is 0 Å². The van der Waals surface area contributed by atoms with Crippen LogP contribution >= 0.6 is 0 Å². The van der Waals surface area contributed by atoms with Gasteiger partial charge in [0.1, 0.15) is 18.2 Å². The van der Waals surface area contributed by atoms with Gasteiger partial charge >= 0.3 is 12.1 Å². The van der Waals surface area contributed by atoms with E-state index in [1.165, 1.54) is 5.06 Å². The van der Waals surface area contributed by atoms with Gasteiger partial charge in [0, 0.05) is 18.5 Å². The van der Waals surface area contributed by atoms with E-state index in [2.05, 4.69) is 15.5 Å². The van der Waals surface area contributed by atoms with E-state index >= 15 is 0 Å². The Morgan fingerprint density at radius 2 is 1.78 bits per heavy atom. The number of rotatable bonds is 6. The summed E-state index contributed by atoms with van der Waals surface area (Å²) in [7, 11) is 0. The van der Waals surface area contributed by atoms with E-state index in [4.69, 9.17) is 14.0 Å². The van der Waals surface area contributed by atoms with Gasteiger partial charge in [0.25, 0.3) is 0 Å². The minimum absolute atomic E-state index is 0.0348. The summed E-state index contributed by atoms with van der Waals surface area (Å²) in [5.74, 6) is 1.27. The monoisotopic (exact) mass is 497 g/mol. The molecule has 2 bridgehead atoms. The van der Waals surface area contributed by atoms with Crippen LogP contribution in [0.4, 0.5) is 9.59 Å². The lowest BCUT2D eigenvalue weighted by molar-refractivity contribution is -0.140. The Kier molecular flexibility index (Phi) is 6.87. The molecule has 10 heteroatoms. The van der Waals surface area contributed by atoms with Crippen LogP contribution in [0.1, 0.15) is 88.6 Å². The number of nitrogens with zero attached hydrogens (tertiary/aromatic N) is 4. The number of hydroxylamine groups is 2. The molecule has 3 fully saturated rings. The highest BCUT2D eigenvalue weighted by Gasteiger charge is 2.48. The zero-order valence-corrected chi connectivity index (χ0v) is 21.2. The molecule has 36 heavy (non-hydrogen) atoms. The number of carbonyl (C=O) groups is 2. The summed E-state index contributed by atoms with van der Waals surface area (Å²) in [6.07, 6.45) is 4.54. The van der Waals surface area contributed by atoms with E-state index in [1.807, 2.05) is 51.1 Å². The van der Waals surface area contributed by atoms with Crippen LogP contribution in [0.5, 0.6) is 0 Å². The molecular formula is C26H35N5O5. The Hall–Kier alpha value is -3.14. The van der Waals surface area contributed by atoms with Crippen LogP contribution in [0.3, 0.4) is 0 Å². The maximum atomic E-state index is 13.1. The maximum absolute atomic E-state index is 13.1. The first-order chi connectivity index (χ1) is 17.3. The molecule has 1 N–H and O–H groups in total. The van der Waals surface area contributed by atoms with Crippen LogP contribution in [-0.4, -0.2) is 56.5 Å². The standard InChI is InChI=1S/C26H35N5O5/c1-26(2,3)36-24(32)27-19-11-9-18(10-12-19)22-28-29-23(35-22)21-14-13-20-15-30(21)25(33)31(20)34-16-17-7-5-4-6-8-17/h4-8,18-21H,9-16H2,1-3H3,(H,27,32)/t18?,19?,20?,21-/m0/s1. The van der Waals surface area contributed by atoms with Gasteiger partial charge < -0.3 is 19.4 Å². The Balaban J connectivity index is 1.15. The average Bonchev–Trinajstić information content (AvgIpc) is 3.42. The molecule has 3 amide bonds. The molecule has 0 radical (unpaired) electrons. The number of piperidine rings is 1. The van der Waals surface area contributed by atoms with Crippen molar-refractivity contribution < 1.29 is 23.6 Å². The number of fused-ring (bicyclic) bond motifs is 2. The van der Waals surface area contributed by atoms with Crippen molar-refractivity contribution in [2.45, 2.75) is 95.5 Å². The van der Waals surface area contributed by atoms with Crippen LogP contribution < -0.4 is 5.32 Å². The molecule has 5 rings (SSSR count). The minimum atomic E-state index is -0.512. The van der Waals surface area contributed by atoms with Gasteiger partial charge in [-0.1, -0.05) is 30.3 Å². The van der Waals surface area contributed by atoms with Gasteiger partial charge in [0.05, 0.1) is 6.04 Å². The molecule has 2 aliphatic heterocycles. The Bertz CT molecular complexity index is 1060. The molecule has 0 spiro atoms. The summed E-state index contributed by atoms with van der Waals surface area (Å²) in [5, 5.41) is 13.2. The Morgan fingerprint density at radius 1 is 1.06 bits per heavy atom. The maximum Gasteiger partial charge on any atom is 0.407 e. The lowest BCUT2D eigenvalue weighted by Gasteiger charge is -2.29.